The van der Waals surface area contributed by atoms with Gasteiger partial charge in [-0.3, -0.25) is 0 Å². The zero-order valence-electron chi connectivity index (χ0n) is 10.6. The number of halogens is 4. The fourth-order valence-electron chi connectivity index (χ4n) is 1.89. The van der Waals surface area contributed by atoms with Crippen LogP contribution in [-0.2, 0) is 0 Å². The fraction of sp³-hybridized carbons (Fsp3) is 0.154. The summed E-state index contributed by atoms with van der Waals surface area (Å²) in [4.78, 5) is 14.1. The molecule has 8 heteroatoms. The number of carbonyl (C=O) groups is 1. The van der Waals surface area contributed by atoms with Gasteiger partial charge in [-0.2, -0.15) is 0 Å². The number of hydrogen-bond acceptors (Lipinski definition) is 2. The predicted molar refractivity (Wildman–Crippen MR) is 77.3 cm³/mol. The summed E-state index contributed by atoms with van der Waals surface area (Å²) < 4.78 is 41.7. The molecule has 0 aliphatic rings. The Hall–Kier alpha value is -1.71. The number of carboxylic acid groups (broad SMARTS) is 1. The summed E-state index contributed by atoms with van der Waals surface area (Å²) in [6.45, 7) is 1.64. The van der Waals surface area contributed by atoms with Crippen molar-refractivity contribution in [3.8, 4) is 17.0 Å². The number of aromatic nitrogens is 1. The molecule has 4 nitrogen and oxygen atoms in total. The van der Waals surface area contributed by atoms with E-state index in [-0.39, 0.29) is 16.8 Å². The van der Waals surface area contributed by atoms with Gasteiger partial charge in [0.05, 0.1) is 11.3 Å². The highest BCUT2D eigenvalue weighted by atomic mass is 127. The summed E-state index contributed by atoms with van der Waals surface area (Å²) in [5.74, 6) is -1.68. The molecule has 0 aliphatic carbocycles. The molecule has 0 radical (unpaired) electrons. The Morgan fingerprint density at radius 3 is 2.52 bits per heavy atom. The van der Waals surface area contributed by atoms with Crippen LogP contribution in [0.5, 0.6) is 5.75 Å². The maximum Gasteiger partial charge on any atom is 0.573 e. The van der Waals surface area contributed by atoms with Crippen LogP contribution in [0.25, 0.3) is 11.3 Å². The monoisotopic (exact) mass is 411 g/mol. The number of aromatic carboxylic acids is 1. The van der Waals surface area contributed by atoms with E-state index >= 15 is 0 Å². The van der Waals surface area contributed by atoms with E-state index in [1.165, 1.54) is 18.2 Å². The van der Waals surface area contributed by atoms with E-state index in [0.29, 0.717) is 9.26 Å². The second kappa shape index (κ2) is 5.58. The highest BCUT2D eigenvalue weighted by Gasteiger charge is 2.33. The Bertz CT molecular complexity index is 694. The summed E-state index contributed by atoms with van der Waals surface area (Å²) in [7, 11) is 0. The lowest BCUT2D eigenvalue weighted by atomic mass is 10.1. The van der Waals surface area contributed by atoms with Gasteiger partial charge in [-0.05, 0) is 41.6 Å². The smallest absolute Gasteiger partial charge is 0.478 e. The third-order valence-corrected chi connectivity index (χ3v) is 4.06. The van der Waals surface area contributed by atoms with Gasteiger partial charge in [0.15, 0.2) is 0 Å². The van der Waals surface area contributed by atoms with Crippen molar-refractivity contribution in [3.05, 3.63) is 39.1 Å². The number of H-pyrrole nitrogens is 1. The second-order valence-corrected chi connectivity index (χ2v) is 5.24. The van der Waals surface area contributed by atoms with Crippen molar-refractivity contribution in [1.29, 1.82) is 0 Å². The molecule has 1 heterocycles. The van der Waals surface area contributed by atoms with Gasteiger partial charge in [0.25, 0.3) is 0 Å². The first-order valence-electron chi connectivity index (χ1n) is 5.67. The van der Waals surface area contributed by atoms with Gasteiger partial charge in [-0.1, -0.05) is 12.1 Å². The molecular weight excluding hydrogens is 402 g/mol. The van der Waals surface area contributed by atoms with Crippen molar-refractivity contribution in [3.63, 3.8) is 0 Å². The van der Waals surface area contributed by atoms with Crippen LogP contribution in [0.4, 0.5) is 13.2 Å². The van der Waals surface area contributed by atoms with Crippen molar-refractivity contribution < 1.29 is 27.8 Å². The number of ether oxygens (including phenoxy) is 1. The van der Waals surface area contributed by atoms with Crippen LogP contribution in [0.1, 0.15) is 16.1 Å². The first kappa shape index (κ1) is 15.7. The summed E-state index contributed by atoms with van der Waals surface area (Å²) in [5.41, 5.74) is 0.610. The minimum absolute atomic E-state index is 0.0400. The lowest BCUT2D eigenvalue weighted by Crippen LogP contribution is -2.17. The lowest BCUT2D eigenvalue weighted by molar-refractivity contribution is -0.274. The molecule has 0 saturated carbocycles. The Kier molecular flexibility index (Phi) is 4.17. The maximum atomic E-state index is 12.4. The third-order valence-electron chi connectivity index (χ3n) is 2.71. The summed E-state index contributed by atoms with van der Waals surface area (Å²) in [6.07, 6.45) is -4.85. The standard InChI is InChI=1S/C13H9F3INO3/c1-6-10(17)9(12(19)20)11(18-6)7-4-2-3-5-8(7)21-13(14,15)16/h2-5,18H,1H3,(H,19,20). The van der Waals surface area contributed by atoms with Gasteiger partial charge < -0.3 is 14.8 Å². The Balaban J connectivity index is 2.63. The van der Waals surface area contributed by atoms with Crippen LogP contribution in [0, 0.1) is 10.5 Å². The number of alkyl halides is 3. The molecule has 0 amide bonds. The number of benzene rings is 1. The van der Waals surface area contributed by atoms with Crippen LogP contribution in [0.3, 0.4) is 0 Å². The molecule has 1 aromatic carbocycles. The molecule has 0 fully saturated rings. The zero-order valence-corrected chi connectivity index (χ0v) is 12.7. The van der Waals surface area contributed by atoms with Crippen LogP contribution < -0.4 is 4.74 Å². The summed E-state index contributed by atoms with van der Waals surface area (Å²) >= 11 is 1.83. The molecule has 0 aliphatic heterocycles. The molecule has 21 heavy (non-hydrogen) atoms. The number of aryl methyl sites for hydroxylation is 1. The number of nitrogens with one attached hydrogen (secondary N) is 1. The second-order valence-electron chi connectivity index (χ2n) is 4.16. The molecule has 2 N–H and O–H groups in total. The molecule has 0 saturated heterocycles. The number of para-hydroxylation sites is 1. The van der Waals surface area contributed by atoms with E-state index < -0.39 is 18.1 Å². The maximum absolute atomic E-state index is 12.4. The van der Waals surface area contributed by atoms with E-state index in [1.54, 1.807) is 6.92 Å². The van der Waals surface area contributed by atoms with Crippen molar-refractivity contribution in [1.82, 2.24) is 4.98 Å². The quantitative estimate of drug-likeness (QED) is 0.745. The Labute approximate surface area is 131 Å². The molecule has 112 valence electrons. The molecule has 0 spiro atoms. The van der Waals surface area contributed by atoms with Crippen molar-refractivity contribution in [2.75, 3.05) is 0 Å². The number of aromatic amines is 1. The van der Waals surface area contributed by atoms with E-state index in [1.807, 2.05) is 22.6 Å². The van der Waals surface area contributed by atoms with Gasteiger partial charge in [0, 0.05) is 14.8 Å². The molecule has 0 atom stereocenters. The van der Waals surface area contributed by atoms with Gasteiger partial charge in [0.1, 0.15) is 5.75 Å². The zero-order chi connectivity index (χ0) is 15.8. The van der Waals surface area contributed by atoms with Gasteiger partial charge in [0.2, 0.25) is 0 Å². The van der Waals surface area contributed by atoms with Crippen LogP contribution in [0.15, 0.2) is 24.3 Å². The normalized spacial score (nSPS) is 11.5. The van der Waals surface area contributed by atoms with Crippen LogP contribution in [0.2, 0.25) is 0 Å². The van der Waals surface area contributed by atoms with Gasteiger partial charge in [-0.25, -0.2) is 4.79 Å². The highest BCUT2D eigenvalue weighted by molar-refractivity contribution is 14.1. The van der Waals surface area contributed by atoms with Gasteiger partial charge >= 0.3 is 12.3 Å². The third kappa shape index (κ3) is 3.31. The van der Waals surface area contributed by atoms with E-state index in [0.717, 1.165) is 6.07 Å². The molecular formula is C13H9F3INO3. The van der Waals surface area contributed by atoms with E-state index in [9.17, 15) is 23.1 Å². The first-order chi connectivity index (χ1) is 9.70. The predicted octanol–water partition coefficient (Wildman–Crippen LogP) is 4.19. The molecule has 1 aromatic heterocycles. The molecule has 2 rings (SSSR count). The number of rotatable bonds is 3. The number of carboxylic acids is 1. The number of hydrogen-bond donors (Lipinski definition) is 2. The largest absolute Gasteiger partial charge is 0.573 e. The van der Waals surface area contributed by atoms with Crippen molar-refractivity contribution in [2.45, 2.75) is 13.3 Å². The van der Waals surface area contributed by atoms with Crippen LogP contribution >= 0.6 is 22.6 Å². The minimum Gasteiger partial charge on any atom is -0.478 e. The molecule has 0 unspecified atom stereocenters. The first-order valence-corrected chi connectivity index (χ1v) is 6.75. The van der Waals surface area contributed by atoms with E-state index in [2.05, 4.69) is 9.72 Å². The Morgan fingerprint density at radius 2 is 1.95 bits per heavy atom. The minimum atomic E-state index is -4.85. The average molecular weight is 411 g/mol. The fourth-order valence-corrected chi connectivity index (χ4v) is 2.53. The van der Waals surface area contributed by atoms with Crippen molar-refractivity contribution in [2.24, 2.45) is 0 Å². The lowest BCUT2D eigenvalue weighted by Gasteiger charge is -2.13. The molecule has 2 aromatic rings. The topological polar surface area (TPSA) is 62.3 Å². The van der Waals surface area contributed by atoms with Crippen molar-refractivity contribution >= 4 is 28.6 Å². The Morgan fingerprint density at radius 1 is 1.33 bits per heavy atom. The van der Waals surface area contributed by atoms with Crippen LogP contribution in [-0.4, -0.2) is 22.4 Å². The SMILES string of the molecule is Cc1[nH]c(-c2ccccc2OC(F)(F)F)c(C(=O)O)c1I. The van der Waals surface area contributed by atoms with Gasteiger partial charge in [-0.15, -0.1) is 13.2 Å². The average Bonchev–Trinajstić information content (AvgIpc) is 2.64. The molecule has 0 bridgehead atoms. The highest BCUT2D eigenvalue weighted by Crippen LogP contribution is 2.37. The van der Waals surface area contributed by atoms with E-state index in [4.69, 9.17) is 0 Å². The summed E-state index contributed by atoms with van der Waals surface area (Å²) in [6, 6.07) is 5.39. The summed E-state index contributed by atoms with van der Waals surface area (Å²) in [5, 5.41) is 9.26.